The molecule has 4 aliphatic carbocycles. The van der Waals surface area contributed by atoms with Crippen molar-refractivity contribution in [3.8, 4) is 0 Å². The van der Waals surface area contributed by atoms with E-state index in [9.17, 15) is 4.79 Å². The van der Waals surface area contributed by atoms with Gasteiger partial charge in [0.15, 0.2) is 0 Å². The Hall–Kier alpha value is -0.790. The van der Waals surface area contributed by atoms with Crippen LogP contribution in [0.3, 0.4) is 0 Å². The average molecular weight is 443 g/mol. The van der Waals surface area contributed by atoms with E-state index in [1.54, 1.807) is 0 Å². The minimum Gasteiger partial charge on any atom is -0.466 e. The van der Waals surface area contributed by atoms with Gasteiger partial charge in [-0.2, -0.15) is 0 Å². The number of hydrogen-bond donors (Lipinski definition) is 0. The Bertz CT molecular complexity index is 710. The van der Waals surface area contributed by atoms with Crippen LogP contribution >= 0.6 is 0 Å². The molecule has 3 saturated carbocycles. The zero-order chi connectivity index (χ0) is 23.1. The number of ether oxygens (including phenoxy) is 1. The van der Waals surface area contributed by atoms with Crippen LogP contribution in [-0.2, 0) is 9.53 Å². The Morgan fingerprint density at radius 1 is 1.06 bits per heavy atom. The highest BCUT2D eigenvalue weighted by atomic mass is 16.5. The van der Waals surface area contributed by atoms with Gasteiger partial charge in [-0.3, -0.25) is 4.79 Å². The fraction of sp³-hybridized carbons (Fsp3) is 0.900. The summed E-state index contributed by atoms with van der Waals surface area (Å²) in [7, 11) is 0. The first-order valence-corrected chi connectivity index (χ1v) is 14.1. The van der Waals surface area contributed by atoms with E-state index >= 15 is 0 Å². The summed E-state index contributed by atoms with van der Waals surface area (Å²) in [6, 6.07) is 0. The van der Waals surface area contributed by atoms with Gasteiger partial charge >= 0.3 is 5.97 Å². The summed E-state index contributed by atoms with van der Waals surface area (Å²) < 4.78 is 5.20. The summed E-state index contributed by atoms with van der Waals surface area (Å²) in [6.45, 7) is 15.0. The van der Waals surface area contributed by atoms with Gasteiger partial charge in [0.2, 0.25) is 0 Å². The number of allylic oxidation sites excluding steroid dienone is 2. The van der Waals surface area contributed by atoms with E-state index in [4.69, 9.17) is 4.74 Å². The maximum Gasteiger partial charge on any atom is 0.305 e. The van der Waals surface area contributed by atoms with Crippen molar-refractivity contribution in [2.45, 2.75) is 112 Å². The van der Waals surface area contributed by atoms with Gasteiger partial charge in [-0.05, 0) is 117 Å². The molecule has 0 saturated heterocycles. The highest BCUT2D eigenvalue weighted by Crippen LogP contribution is 2.67. The Labute approximate surface area is 198 Å². The number of fused-ring (bicyclic) bond motifs is 5. The highest BCUT2D eigenvalue weighted by molar-refractivity contribution is 5.69. The molecule has 2 nitrogen and oxygen atoms in total. The van der Waals surface area contributed by atoms with Crippen LogP contribution in [0.2, 0.25) is 0 Å². The molecule has 32 heavy (non-hydrogen) atoms. The number of rotatable bonds is 7. The zero-order valence-electron chi connectivity index (χ0n) is 21.9. The molecule has 4 rings (SSSR count). The van der Waals surface area contributed by atoms with Crippen molar-refractivity contribution < 1.29 is 9.53 Å². The van der Waals surface area contributed by atoms with Crippen LogP contribution in [-0.4, -0.2) is 12.6 Å². The molecule has 0 aromatic heterocycles. The molecule has 0 aliphatic heterocycles. The predicted molar refractivity (Wildman–Crippen MR) is 133 cm³/mol. The van der Waals surface area contributed by atoms with Crippen LogP contribution < -0.4 is 0 Å². The molecule has 3 fully saturated rings. The molecule has 182 valence electrons. The Balaban J connectivity index is 1.46. The van der Waals surface area contributed by atoms with E-state index in [1.807, 2.05) is 12.5 Å². The maximum absolute atomic E-state index is 11.9. The van der Waals surface area contributed by atoms with Crippen LogP contribution in [0.4, 0.5) is 0 Å². The highest BCUT2D eigenvalue weighted by Gasteiger charge is 2.59. The molecular formula is C30H50O2. The molecule has 9 atom stereocenters. The standard InChI is InChI=1S/C30H50O2/c1-7-20(3)22-15-17-29(5)23(19-22)10-11-24-26-13-12-25(30(26,6)18-16-27(24)29)21(4)9-14-28(31)32-8-2/h10,20-22,24-27H,7-9,11-19H2,1-6H3/t20?,21-,22?,24?,25?,26+,27?,29?,30?/m1/s1. The van der Waals surface area contributed by atoms with E-state index in [1.165, 1.54) is 57.8 Å². The quantitative estimate of drug-likeness (QED) is 0.293. The topological polar surface area (TPSA) is 26.3 Å². The predicted octanol–water partition coefficient (Wildman–Crippen LogP) is 8.21. The van der Waals surface area contributed by atoms with E-state index in [2.05, 4.69) is 40.7 Å². The van der Waals surface area contributed by atoms with Gasteiger partial charge < -0.3 is 4.74 Å². The molecule has 0 aromatic carbocycles. The lowest BCUT2D eigenvalue weighted by atomic mass is 9.46. The normalized spacial score (nSPS) is 42.8. The lowest BCUT2D eigenvalue weighted by molar-refractivity contribution is -0.143. The third-order valence-corrected chi connectivity index (χ3v) is 11.5. The number of carbonyl (C=O) groups excluding carboxylic acids is 1. The second-order valence-corrected chi connectivity index (χ2v) is 12.7. The Morgan fingerprint density at radius 2 is 1.84 bits per heavy atom. The zero-order valence-corrected chi connectivity index (χ0v) is 21.9. The number of esters is 1. The smallest absolute Gasteiger partial charge is 0.305 e. The monoisotopic (exact) mass is 442 g/mol. The number of carbonyl (C=O) groups is 1. The van der Waals surface area contributed by atoms with Crippen molar-refractivity contribution in [2.75, 3.05) is 6.61 Å². The van der Waals surface area contributed by atoms with Crippen molar-refractivity contribution in [1.29, 1.82) is 0 Å². The Kier molecular flexibility index (Phi) is 7.19. The lowest BCUT2D eigenvalue weighted by Crippen LogP contribution is -2.50. The summed E-state index contributed by atoms with van der Waals surface area (Å²) in [5.74, 6) is 5.88. The molecule has 0 bridgehead atoms. The largest absolute Gasteiger partial charge is 0.466 e. The molecule has 4 aliphatic rings. The lowest BCUT2D eigenvalue weighted by Gasteiger charge is -2.59. The van der Waals surface area contributed by atoms with Crippen molar-refractivity contribution >= 4 is 5.97 Å². The van der Waals surface area contributed by atoms with Gasteiger partial charge in [-0.1, -0.05) is 52.7 Å². The molecule has 0 radical (unpaired) electrons. The molecule has 0 N–H and O–H groups in total. The van der Waals surface area contributed by atoms with Crippen LogP contribution in [0.5, 0.6) is 0 Å². The SMILES string of the molecule is CCOC(=O)CC[C@@H](C)C1CC[C@H]2C3CC=C4CC(C(C)CC)CCC4(C)C3CCC12C. The van der Waals surface area contributed by atoms with Crippen LogP contribution in [0, 0.1) is 52.3 Å². The number of hydrogen-bond acceptors (Lipinski definition) is 2. The average Bonchev–Trinajstić information content (AvgIpc) is 3.14. The molecule has 0 spiro atoms. The summed E-state index contributed by atoms with van der Waals surface area (Å²) in [4.78, 5) is 11.9. The molecule has 0 aromatic rings. The van der Waals surface area contributed by atoms with Gasteiger partial charge in [0.25, 0.3) is 0 Å². The van der Waals surface area contributed by atoms with Crippen LogP contribution in [0.25, 0.3) is 0 Å². The first-order chi connectivity index (χ1) is 15.2. The fourth-order valence-electron chi connectivity index (χ4n) is 9.26. The van der Waals surface area contributed by atoms with Crippen LogP contribution in [0.15, 0.2) is 11.6 Å². The fourth-order valence-corrected chi connectivity index (χ4v) is 9.26. The third kappa shape index (κ3) is 4.11. The molecule has 0 amide bonds. The van der Waals surface area contributed by atoms with Gasteiger partial charge in [0, 0.05) is 6.42 Å². The van der Waals surface area contributed by atoms with Crippen molar-refractivity contribution in [3.63, 3.8) is 0 Å². The minimum absolute atomic E-state index is 0.00590. The third-order valence-electron chi connectivity index (χ3n) is 11.5. The van der Waals surface area contributed by atoms with Gasteiger partial charge in [0.1, 0.15) is 0 Å². The Morgan fingerprint density at radius 3 is 2.56 bits per heavy atom. The van der Waals surface area contributed by atoms with Crippen molar-refractivity contribution in [3.05, 3.63) is 11.6 Å². The van der Waals surface area contributed by atoms with E-state index in [0.29, 0.717) is 29.8 Å². The molecular weight excluding hydrogens is 392 g/mol. The van der Waals surface area contributed by atoms with Crippen molar-refractivity contribution in [2.24, 2.45) is 52.3 Å². The second-order valence-electron chi connectivity index (χ2n) is 12.7. The summed E-state index contributed by atoms with van der Waals surface area (Å²) in [5, 5.41) is 0. The molecule has 2 heteroatoms. The first kappa shape index (κ1) is 24.3. The van der Waals surface area contributed by atoms with Crippen LogP contribution in [0.1, 0.15) is 112 Å². The van der Waals surface area contributed by atoms with Gasteiger partial charge in [-0.15, -0.1) is 0 Å². The summed E-state index contributed by atoms with van der Waals surface area (Å²) in [5.41, 5.74) is 2.79. The van der Waals surface area contributed by atoms with Crippen molar-refractivity contribution in [1.82, 2.24) is 0 Å². The maximum atomic E-state index is 11.9. The summed E-state index contributed by atoms with van der Waals surface area (Å²) >= 11 is 0. The van der Waals surface area contributed by atoms with Gasteiger partial charge in [0.05, 0.1) is 6.61 Å². The molecule has 0 heterocycles. The van der Waals surface area contributed by atoms with E-state index < -0.39 is 0 Å². The van der Waals surface area contributed by atoms with E-state index in [0.717, 1.165) is 41.9 Å². The second kappa shape index (κ2) is 9.46. The van der Waals surface area contributed by atoms with E-state index in [-0.39, 0.29) is 5.97 Å². The minimum atomic E-state index is -0.00590. The first-order valence-electron chi connectivity index (χ1n) is 14.1. The van der Waals surface area contributed by atoms with Gasteiger partial charge in [-0.25, -0.2) is 0 Å². The summed E-state index contributed by atoms with van der Waals surface area (Å²) in [6.07, 6.45) is 16.9. The molecule has 7 unspecified atom stereocenters.